The number of anilines is 1. The maximum Gasteiger partial charge on any atom is 0.251 e. The lowest BCUT2D eigenvalue weighted by Gasteiger charge is -2.29. The lowest BCUT2D eigenvalue weighted by molar-refractivity contribution is 0.0933. The van der Waals surface area contributed by atoms with Crippen LogP contribution in [0.15, 0.2) is 30.3 Å². The molecule has 2 heterocycles. The Morgan fingerprint density at radius 2 is 1.81 bits per heavy atom. The summed E-state index contributed by atoms with van der Waals surface area (Å²) in [6.07, 6.45) is 8.42. The molecule has 1 fully saturated rings. The molecule has 5 nitrogen and oxygen atoms in total. The van der Waals surface area contributed by atoms with Gasteiger partial charge in [0.15, 0.2) is 0 Å². The molecule has 1 aliphatic heterocycles. The number of amides is 1. The van der Waals surface area contributed by atoms with Crippen LogP contribution < -0.4 is 10.2 Å². The van der Waals surface area contributed by atoms with Gasteiger partial charge in [-0.3, -0.25) is 4.79 Å². The first-order valence-electron chi connectivity index (χ1n) is 10.4. The Morgan fingerprint density at radius 1 is 1.07 bits per heavy atom. The third kappa shape index (κ3) is 4.34. The summed E-state index contributed by atoms with van der Waals surface area (Å²) >= 11 is 0. The molecule has 1 amide bonds. The predicted octanol–water partition coefficient (Wildman–Crippen LogP) is 4.05. The molecule has 0 spiro atoms. The van der Waals surface area contributed by atoms with Crippen LogP contribution >= 0.6 is 0 Å². The van der Waals surface area contributed by atoms with Crippen LogP contribution in [0, 0.1) is 6.92 Å². The van der Waals surface area contributed by atoms with Gasteiger partial charge in [0.05, 0.1) is 5.69 Å². The minimum Gasteiger partial charge on any atom is -0.352 e. The third-order valence-corrected chi connectivity index (χ3v) is 5.78. The molecule has 1 aromatic carbocycles. The molecule has 0 bridgehead atoms. The summed E-state index contributed by atoms with van der Waals surface area (Å²) in [4.78, 5) is 14.9. The van der Waals surface area contributed by atoms with Crippen molar-refractivity contribution in [2.45, 2.75) is 71.0 Å². The number of carbonyl (C=O) groups excluding carboxylic acids is 1. The van der Waals surface area contributed by atoms with Gasteiger partial charge in [0, 0.05) is 37.3 Å². The van der Waals surface area contributed by atoms with E-state index in [-0.39, 0.29) is 5.91 Å². The summed E-state index contributed by atoms with van der Waals surface area (Å²) in [6.45, 7) is 4.95. The normalized spacial score (nSPS) is 18.0. The van der Waals surface area contributed by atoms with E-state index in [0.717, 1.165) is 50.2 Å². The lowest BCUT2D eigenvalue weighted by atomic mass is 10.1. The molecule has 4 rings (SSSR count). The molecule has 2 aliphatic rings. The van der Waals surface area contributed by atoms with E-state index in [9.17, 15) is 4.79 Å². The number of nitrogens with zero attached hydrogens (tertiary/aromatic N) is 3. The average molecular weight is 367 g/mol. The summed E-state index contributed by atoms with van der Waals surface area (Å²) in [7, 11) is 0. The van der Waals surface area contributed by atoms with E-state index in [1.807, 2.05) is 19.1 Å². The molecule has 144 valence electrons. The maximum atomic E-state index is 12.6. The van der Waals surface area contributed by atoms with Gasteiger partial charge in [-0.05, 0) is 43.9 Å². The van der Waals surface area contributed by atoms with Gasteiger partial charge in [0.1, 0.15) is 5.82 Å². The molecular weight excluding hydrogens is 336 g/mol. The number of benzene rings is 1. The van der Waals surface area contributed by atoms with Gasteiger partial charge in [-0.15, -0.1) is 0 Å². The minimum atomic E-state index is 0.0696. The first-order chi connectivity index (χ1) is 13.2. The van der Waals surface area contributed by atoms with E-state index in [1.165, 1.54) is 37.1 Å². The van der Waals surface area contributed by atoms with Crippen molar-refractivity contribution < 1.29 is 4.79 Å². The van der Waals surface area contributed by atoms with Gasteiger partial charge in [-0.1, -0.05) is 37.8 Å². The summed E-state index contributed by atoms with van der Waals surface area (Å²) in [5.41, 5.74) is 3.07. The van der Waals surface area contributed by atoms with Crippen LogP contribution in [0.25, 0.3) is 0 Å². The first-order valence-corrected chi connectivity index (χ1v) is 10.4. The number of rotatable bonds is 4. The van der Waals surface area contributed by atoms with Crippen molar-refractivity contribution in [3.63, 3.8) is 0 Å². The second-order valence-electron chi connectivity index (χ2n) is 8.00. The van der Waals surface area contributed by atoms with Crippen molar-refractivity contribution in [1.29, 1.82) is 0 Å². The number of hydrogen-bond donors (Lipinski definition) is 1. The van der Waals surface area contributed by atoms with E-state index in [1.54, 1.807) is 0 Å². The fraction of sp³-hybridized carbons (Fsp3) is 0.545. The number of nitrogens with one attached hydrogen (secondary N) is 1. The highest BCUT2D eigenvalue weighted by Crippen LogP contribution is 2.24. The van der Waals surface area contributed by atoms with Crippen LogP contribution in [0.1, 0.15) is 66.6 Å². The number of aryl methyl sites for hydroxylation is 2. The zero-order valence-electron chi connectivity index (χ0n) is 16.3. The first kappa shape index (κ1) is 18.1. The van der Waals surface area contributed by atoms with Crippen molar-refractivity contribution >= 4 is 11.7 Å². The molecule has 2 aromatic rings. The predicted molar refractivity (Wildman–Crippen MR) is 108 cm³/mol. The van der Waals surface area contributed by atoms with E-state index in [2.05, 4.69) is 38.2 Å². The van der Waals surface area contributed by atoms with E-state index >= 15 is 0 Å². The molecular formula is C22H30N4O. The smallest absolute Gasteiger partial charge is 0.251 e. The topological polar surface area (TPSA) is 50.2 Å². The Bertz CT molecular complexity index is 772. The van der Waals surface area contributed by atoms with E-state index in [0.29, 0.717) is 6.04 Å². The summed E-state index contributed by atoms with van der Waals surface area (Å²) in [5, 5.41) is 7.80. The quantitative estimate of drug-likeness (QED) is 0.831. The van der Waals surface area contributed by atoms with Gasteiger partial charge in [0.2, 0.25) is 0 Å². The second kappa shape index (κ2) is 8.15. The van der Waals surface area contributed by atoms with E-state index < -0.39 is 0 Å². The van der Waals surface area contributed by atoms with Crippen LogP contribution in [0.3, 0.4) is 0 Å². The highest BCUT2D eigenvalue weighted by atomic mass is 16.1. The standard InChI is InChI=1S/C22H30N4O/c1-17-15-21-25(13-6-14-26(21)24-17)16-18-9-11-19(12-10-18)22(27)23-20-7-4-2-3-5-8-20/h9-12,15,20H,2-8,13-14,16H2,1H3,(H,23,27). The zero-order chi connectivity index (χ0) is 18.6. The lowest BCUT2D eigenvalue weighted by Crippen LogP contribution is -2.34. The second-order valence-corrected chi connectivity index (χ2v) is 8.00. The van der Waals surface area contributed by atoms with Crippen molar-refractivity contribution in [1.82, 2.24) is 15.1 Å². The number of aromatic nitrogens is 2. The van der Waals surface area contributed by atoms with Crippen LogP contribution in [-0.4, -0.2) is 28.3 Å². The third-order valence-electron chi connectivity index (χ3n) is 5.78. The van der Waals surface area contributed by atoms with Crippen molar-refractivity contribution in [3.05, 3.63) is 47.2 Å². The summed E-state index contributed by atoms with van der Waals surface area (Å²) < 4.78 is 2.10. The van der Waals surface area contributed by atoms with Crippen molar-refractivity contribution in [2.24, 2.45) is 0 Å². The molecule has 5 heteroatoms. The van der Waals surface area contributed by atoms with Gasteiger partial charge in [-0.25, -0.2) is 4.68 Å². The highest BCUT2D eigenvalue weighted by Gasteiger charge is 2.19. The van der Waals surface area contributed by atoms with Gasteiger partial charge in [-0.2, -0.15) is 5.10 Å². The highest BCUT2D eigenvalue weighted by molar-refractivity contribution is 5.94. The zero-order valence-corrected chi connectivity index (χ0v) is 16.3. The molecule has 1 aromatic heterocycles. The van der Waals surface area contributed by atoms with Crippen molar-refractivity contribution in [3.8, 4) is 0 Å². The summed E-state index contributed by atoms with van der Waals surface area (Å²) in [6, 6.07) is 10.6. The maximum absolute atomic E-state index is 12.6. The fourth-order valence-corrected chi connectivity index (χ4v) is 4.31. The monoisotopic (exact) mass is 366 g/mol. The van der Waals surface area contributed by atoms with Gasteiger partial charge >= 0.3 is 0 Å². The molecule has 0 atom stereocenters. The number of carbonyl (C=O) groups is 1. The number of hydrogen-bond acceptors (Lipinski definition) is 3. The largest absolute Gasteiger partial charge is 0.352 e. The molecule has 27 heavy (non-hydrogen) atoms. The Kier molecular flexibility index (Phi) is 5.46. The van der Waals surface area contributed by atoms with Crippen LogP contribution in [0.2, 0.25) is 0 Å². The Hall–Kier alpha value is -2.30. The Morgan fingerprint density at radius 3 is 2.56 bits per heavy atom. The van der Waals surface area contributed by atoms with Gasteiger partial charge in [0.25, 0.3) is 5.91 Å². The summed E-state index contributed by atoms with van der Waals surface area (Å²) in [5.74, 6) is 1.27. The van der Waals surface area contributed by atoms with Crippen LogP contribution in [0.5, 0.6) is 0 Å². The molecule has 1 N–H and O–H groups in total. The van der Waals surface area contributed by atoms with Crippen molar-refractivity contribution in [2.75, 3.05) is 11.4 Å². The van der Waals surface area contributed by atoms with Gasteiger partial charge < -0.3 is 10.2 Å². The molecule has 0 radical (unpaired) electrons. The van der Waals surface area contributed by atoms with Crippen LogP contribution in [0.4, 0.5) is 5.82 Å². The molecule has 0 unspecified atom stereocenters. The molecule has 1 saturated carbocycles. The molecule has 1 aliphatic carbocycles. The average Bonchev–Trinajstić information content (AvgIpc) is 2.87. The Labute approximate surface area is 161 Å². The Balaban J connectivity index is 1.38. The van der Waals surface area contributed by atoms with Crippen LogP contribution in [-0.2, 0) is 13.1 Å². The van der Waals surface area contributed by atoms with E-state index in [4.69, 9.17) is 0 Å². The SMILES string of the molecule is Cc1cc2n(n1)CCCN2Cc1ccc(C(=O)NC2CCCCCC2)cc1. The molecule has 0 saturated heterocycles. The minimum absolute atomic E-state index is 0.0696. The fourth-order valence-electron chi connectivity index (χ4n) is 4.31. The number of fused-ring (bicyclic) bond motifs is 1.